The highest BCUT2D eigenvalue weighted by Gasteiger charge is 2.22. The van der Waals surface area contributed by atoms with Crippen LogP contribution in [-0.2, 0) is 10.2 Å². The number of halogens is 1. The summed E-state index contributed by atoms with van der Waals surface area (Å²) < 4.78 is 30.2. The largest absolute Gasteiger partial charge is 0.490 e. The van der Waals surface area contributed by atoms with Crippen LogP contribution in [0.2, 0.25) is 0 Å². The van der Waals surface area contributed by atoms with E-state index in [0.717, 1.165) is 5.56 Å². The minimum absolute atomic E-state index is 0.00210. The molecule has 0 aliphatic rings. The summed E-state index contributed by atoms with van der Waals surface area (Å²) in [6.45, 7) is 8.46. The van der Waals surface area contributed by atoms with E-state index >= 15 is 0 Å². The number of aliphatic carboxylic acids is 1. The molecule has 3 rings (SSSR count). The van der Waals surface area contributed by atoms with Gasteiger partial charge < -0.3 is 19.3 Å². The average molecular weight is 453 g/mol. The van der Waals surface area contributed by atoms with Gasteiger partial charge in [0.15, 0.2) is 0 Å². The Hall–Kier alpha value is -3.54. The fourth-order valence-corrected chi connectivity index (χ4v) is 3.16. The fourth-order valence-electron chi connectivity index (χ4n) is 3.16. The Labute approximate surface area is 193 Å². The van der Waals surface area contributed by atoms with Gasteiger partial charge in [0.25, 0.3) is 0 Å². The third kappa shape index (κ3) is 6.97. The lowest BCUT2D eigenvalue weighted by molar-refractivity contribution is -0.145. The van der Waals surface area contributed by atoms with E-state index in [1.807, 2.05) is 19.1 Å². The maximum absolute atomic E-state index is 13.0. The van der Waals surface area contributed by atoms with E-state index in [-0.39, 0.29) is 23.9 Å². The Morgan fingerprint density at radius 1 is 0.848 bits per heavy atom. The Morgan fingerprint density at radius 3 is 1.91 bits per heavy atom. The Morgan fingerprint density at radius 2 is 1.36 bits per heavy atom. The maximum atomic E-state index is 13.0. The van der Waals surface area contributed by atoms with Crippen LogP contribution in [0.4, 0.5) is 4.39 Å². The number of hydrogen-bond donors (Lipinski definition) is 1. The van der Waals surface area contributed by atoms with Crippen LogP contribution in [0.25, 0.3) is 0 Å². The van der Waals surface area contributed by atoms with Gasteiger partial charge in [-0.25, -0.2) is 9.18 Å². The van der Waals surface area contributed by atoms with Gasteiger partial charge in [0.05, 0.1) is 0 Å². The molecule has 1 N–H and O–H groups in total. The minimum atomic E-state index is -1.14. The molecular weight excluding hydrogens is 423 g/mol. The lowest BCUT2D eigenvalue weighted by Gasteiger charge is -2.20. The number of ether oxygens (including phenoxy) is 3. The highest BCUT2D eigenvalue weighted by Crippen LogP contribution is 2.28. The summed E-state index contributed by atoms with van der Waals surface area (Å²) in [6, 6.07) is 20.0. The number of carboxylic acids is 1. The number of benzene rings is 3. The topological polar surface area (TPSA) is 65.0 Å². The molecule has 0 aromatic heterocycles. The molecule has 0 bridgehead atoms. The van der Waals surface area contributed by atoms with E-state index in [1.165, 1.54) is 12.1 Å². The Balaban J connectivity index is 1.59. The van der Waals surface area contributed by atoms with Gasteiger partial charge in [-0.1, -0.05) is 45.0 Å². The summed E-state index contributed by atoms with van der Waals surface area (Å²) in [6.07, 6.45) is -1.40. The standard InChI is InChI=1S/C27H29FO5/c1-18(32-23-15-9-21(28)10-16-23)17-31-22-11-5-19(6-12-22)25(26(29)30)33-24-13-7-20(8-14-24)27(2,3)4/h5-16,18,25H,17H2,1-4H3,(H,29,30). The van der Waals surface area contributed by atoms with Crippen LogP contribution in [0, 0.1) is 5.82 Å². The van der Waals surface area contributed by atoms with Gasteiger partial charge in [0, 0.05) is 5.56 Å². The molecule has 6 heteroatoms. The Bertz CT molecular complexity index is 1040. The van der Waals surface area contributed by atoms with Crippen molar-refractivity contribution in [2.24, 2.45) is 0 Å². The first-order valence-corrected chi connectivity index (χ1v) is 10.8. The van der Waals surface area contributed by atoms with Crippen molar-refractivity contribution in [3.63, 3.8) is 0 Å². The van der Waals surface area contributed by atoms with E-state index < -0.39 is 12.1 Å². The van der Waals surface area contributed by atoms with E-state index in [9.17, 15) is 14.3 Å². The van der Waals surface area contributed by atoms with Crippen LogP contribution in [0.15, 0.2) is 72.8 Å². The fraction of sp³-hybridized carbons (Fsp3) is 0.296. The molecule has 0 aliphatic carbocycles. The van der Waals surface area contributed by atoms with Gasteiger partial charge in [-0.2, -0.15) is 0 Å². The lowest BCUT2D eigenvalue weighted by Crippen LogP contribution is -2.21. The number of rotatable bonds is 9. The van der Waals surface area contributed by atoms with Gasteiger partial charge >= 0.3 is 5.97 Å². The predicted molar refractivity (Wildman–Crippen MR) is 125 cm³/mol. The zero-order chi connectivity index (χ0) is 24.0. The van der Waals surface area contributed by atoms with E-state index in [1.54, 1.807) is 48.5 Å². The molecule has 0 heterocycles. The SMILES string of the molecule is CC(COc1ccc(C(Oc2ccc(C(C)(C)C)cc2)C(=O)O)cc1)Oc1ccc(F)cc1. The van der Waals surface area contributed by atoms with Gasteiger partial charge in [-0.3, -0.25) is 0 Å². The van der Waals surface area contributed by atoms with E-state index in [4.69, 9.17) is 14.2 Å². The highest BCUT2D eigenvalue weighted by atomic mass is 19.1. The highest BCUT2D eigenvalue weighted by molar-refractivity contribution is 5.75. The van der Waals surface area contributed by atoms with E-state index in [2.05, 4.69) is 20.8 Å². The first kappa shape index (κ1) is 24.1. The normalized spacial score (nSPS) is 13.1. The molecule has 0 saturated carbocycles. The van der Waals surface area contributed by atoms with Crippen LogP contribution < -0.4 is 14.2 Å². The molecule has 3 aromatic carbocycles. The molecule has 5 nitrogen and oxygen atoms in total. The van der Waals surface area contributed by atoms with Crippen LogP contribution >= 0.6 is 0 Å². The van der Waals surface area contributed by atoms with Crippen molar-refractivity contribution >= 4 is 5.97 Å². The monoisotopic (exact) mass is 452 g/mol. The van der Waals surface area contributed by atoms with Gasteiger partial charge in [0.1, 0.15) is 35.8 Å². The van der Waals surface area contributed by atoms with Crippen molar-refractivity contribution in [2.45, 2.75) is 45.3 Å². The van der Waals surface area contributed by atoms with E-state index in [0.29, 0.717) is 22.8 Å². The second-order valence-electron chi connectivity index (χ2n) is 8.87. The zero-order valence-electron chi connectivity index (χ0n) is 19.2. The van der Waals surface area contributed by atoms with Crippen molar-refractivity contribution in [3.05, 3.63) is 89.7 Å². The number of carbonyl (C=O) groups is 1. The van der Waals surface area contributed by atoms with Gasteiger partial charge in [-0.05, 0) is 66.4 Å². The molecule has 0 radical (unpaired) electrons. The van der Waals surface area contributed by atoms with Crippen molar-refractivity contribution in [3.8, 4) is 17.2 Å². The van der Waals surface area contributed by atoms with Crippen LogP contribution in [-0.4, -0.2) is 23.8 Å². The zero-order valence-corrected chi connectivity index (χ0v) is 19.2. The first-order valence-electron chi connectivity index (χ1n) is 10.8. The molecule has 0 fully saturated rings. The quantitative estimate of drug-likeness (QED) is 0.420. The minimum Gasteiger partial charge on any atom is -0.490 e. The summed E-state index contributed by atoms with van der Waals surface area (Å²) in [7, 11) is 0. The first-order chi connectivity index (χ1) is 15.6. The number of carboxylic acid groups (broad SMARTS) is 1. The van der Waals surface area contributed by atoms with Crippen molar-refractivity contribution in [2.75, 3.05) is 6.61 Å². The summed E-state index contributed by atoms with van der Waals surface area (Å²) >= 11 is 0. The predicted octanol–water partition coefficient (Wildman–Crippen LogP) is 6.17. The maximum Gasteiger partial charge on any atom is 0.349 e. The molecule has 0 saturated heterocycles. The molecule has 174 valence electrons. The van der Waals surface area contributed by atoms with Crippen LogP contribution in [0.3, 0.4) is 0 Å². The van der Waals surface area contributed by atoms with Gasteiger partial charge in [0.2, 0.25) is 6.10 Å². The molecule has 0 spiro atoms. The smallest absolute Gasteiger partial charge is 0.349 e. The number of hydrogen-bond acceptors (Lipinski definition) is 4. The Kier molecular flexibility index (Phi) is 7.59. The van der Waals surface area contributed by atoms with Crippen molar-refractivity contribution in [1.82, 2.24) is 0 Å². The molecule has 0 aliphatic heterocycles. The second kappa shape index (κ2) is 10.4. The lowest BCUT2D eigenvalue weighted by atomic mass is 9.87. The second-order valence-corrected chi connectivity index (χ2v) is 8.87. The van der Waals surface area contributed by atoms with Crippen molar-refractivity contribution < 1.29 is 28.5 Å². The summed E-state index contributed by atoms with van der Waals surface area (Å²) in [5.41, 5.74) is 1.65. The third-order valence-corrected chi connectivity index (χ3v) is 5.02. The molecule has 2 unspecified atom stereocenters. The summed E-state index contributed by atoms with van der Waals surface area (Å²) in [5, 5.41) is 9.68. The van der Waals surface area contributed by atoms with Gasteiger partial charge in [-0.15, -0.1) is 0 Å². The summed E-state index contributed by atoms with van der Waals surface area (Å²) in [4.78, 5) is 11.8. The molecular formula is C27H29FO5. The van der Waals surface area contributed by atoms with Crippen LogP contribution in [0.5, 0.6) is 17.2 Å². The van der Waals surface area contributed by atoms with Crippen molar-refractivity contribution in [1.29, 1.82) is 0 Å². The summed E-state index contributed by atoms with van der Waals surface area (Å²) in [5.74, 6) is 0.219. The third-order valence-electron chi connectivity index (χ3n) is 5.02. The van der Waals surface area contributed by atoms with Crippen LogP contribution in [0.1, 0.15) is 44.9 Å². The molecule has 0 amide bonds. The molecule has 3 aromatic rings. The molecule has 2 atom stereocenters. The molecule has 33 heavy (non-hydrogen) atoms. The average Bonchev–Trinajstić information content (AvgIpc) is 2.77.